The second-order valence-electron chi connectivity index (χ2n) is 4.04. The Morgan fingerprint density at radius 1 is 1.56 bits per heavy atom. The Labute approximate surface area is 104 Å². The van der Waals surface area contributed by atoms with E-state index in [-0.39, 0.29) is 11.6 Å². The average Bonchev–Trinajstić information content (AvgIpc) is 2.36. The third-order valence-corrected chi connectivity index (χ3v) is 2.24. The fourth-order valence-electron chi connectivity index (χ4n) is 1.19. The average molecular weight is 258 g/mol. The molecule has 3 N–H and O–H groups in total. The van der Waals surface area contributed by atoms with E-state index in [1.807, 2.05) is 0 Å². The summed E-state index contributed by atoms with van der Waals surface area (Å²) in [6.07, 6.45) is 1.39. The second-order valence-corrected chi connectivity index (χ2v) is 4.04. The highest BCUT2D eigenvalue weighted by atomic mass is 19.3. The number of amides is 1. The van der Waals surface area contributed by atoms with Crippen LogP contribution in [-0.2, 0) is 0 Å². The van der Waals surface area contributed by atoms with Crippen LogP contribution < -0.4 is 11.1 Å². The number of nitrogens with zero attached hydrogens (tertiary/aromatic N) is 2. The van der Waals surface area contributed by atoms with Crippen molar-refractivity contribution in [3.63, 3.8) is 0 Å². The van der Waals surface area contributed by atoms with Gasteiger partial charge in [0.2, 0.25) is 0 Å². The molecule has 7 heteroatoms. The van der Waals surface area contributed by atoms with Gasteiger partial charge in [0.05, 0.1) is 13.1 Å². The summed E-state index contributed by atoms with van der Waals surface area (Å²) in [5, 5.41) is 2.53. The quantitative estimate of drug-likeness (QED) is 0.819. The smallest absolute Gasteiger partial charge is 0.276 e. The summed E-state index contributed by atoms with van der Waals surface area (Å²) in [5.74, 6) is -3.26. The molecule has 1 rings (SSSR count). The highest BCUT2D eigenvalue weighted by molar-refractivity contribution is 5.92. The van der Waals surface area contributed by atoms with Gasteiger partial charge in [-0.1, -0.05) is 0 Å². The Morgan fingerprint density at radius 2 is 2.22 bits per heavy atom. The monoisotopic (exact) mass is 258 g/mol. The van der Waals surface area contributed by atoms with E-state index in [2.05, 4.69) is 10.3 Å². The SMILES string of the molecule is CN(C)C(=O)c1cc(NCC(F)(F)CN)ccn1. The molecular formula is C11H16F2N4O. The molecule has 0 aromatic carbocycles. The van der Waals surface area contributed by atoms with E-state index in [1.165, 1.54) is 23.2 Å². The van der Waals surface area contributed by atoms with E-state index in [0.29, 0.717) is 5.69 Å². The number of halogens is 2. The Kier molecular flexibility index (Phi) is 4.55. The number of rotatable bonds is 5. The molecule has 0 atom stereocenters. The van der Waals surface area contributed by atoms with Gasteiger partial charge in [0.25, 0.3) is 11.8 Å². The minimum atomic E-state index is -2.98. The van der Waals surface area contributed by atoms with Gasteiger partial charge < -0.3 is 16.0 Å². The first-order valence-corrected chi connectivity index (χ1v) is 5.35. The summed E-state index contributed by atoms with van der Waals surface area (Å²) >= 11 is 0. The lowest BCUT2D eigenvalue weighted by atomic mass is 10.2. The van der Waals surface area contributed by atoms with Gasteiger partial charge in [0.15, 0.2) is 0 Å². The molecule has 0 aliphatic carbocycles. The van der Waals surface area contributed by atoms with Gasteiger partial charge in [-0.25, -0.2) is 8.78 Å². The van der Waals surface area contributed by atoms with E-state index in [0.717, 1.165) is 0 Å². The van der Waals surface area contributed by atoms with Crippen LogP contribution in [0.5, 0.6) is 0 Å². The fraction of sp³-hybridized carbons (Fsp3) is 0.455. The number of nitrogens with one attached hydrogen (secondary N) is 1. The molecule has 1 amide bonds. The molecule has 0 unspecified atom stereocenters. The summed E-state index contributed by atoms with van der Waals surface area (Å²) in [6.45, 7) is -1.31. The first kappa shape index (κ1) is 14.3. The molecule has 0 saturated heterocycles. The van der Waals surface area contributed by atoms with E-state index in [1.54, 1.807) is 14.1 Å². The number of nitrogens with two attached hydrogens (primary N) is 1. The van der Waals surface area contributed by atoms with Crippen molar-refractivity contribution in [3.8, 4) is 0 Å². The summed E-state index contributed by atoms with van der Waals surface area (Å²) in [5.41, 5.74) is 5.53. The lowest BCUT2D eigenvalue weighted by molar-refractivity contribution is 0.0254. The van der Waals surface area contributed by atoms with E-state index < -0.39 is 19.0 Å². The van der Waals surface area contributed by atoms with Crippen LogP contribution in [0.3, 0.4) is 0 Å². The molecule has 0 spiro atoms. The maximum absolute atomic E-state index is 12.9. The normalized spacial score (nSPS) is 11.2. The minimum absolute atomic E-state index is 0.195. The van der Waals surface area contributed by atoms with Crippen LogP contribution in [0.1, 0.15) is 10.5 Å². The lowest BCUT2D eigenvalue weighted by Crippen LogP contribution is -2.35. The van der Waals surface area contributed by atoms with Crippen molar-refractivity contribution in [3.05, 3.63) is 24.0 Å². The number of aromatic nitrogens is 1. The molecule has 1 aromatic rings. The summed E-state index contributed by atoms with van der Waals surface area (Å²) in [7, 11) is 3.18. The van der Waals surface area contributed by atoms with Crippen LogP contribution in [-0.4, -0.2) is 48.9 Å². The van der Waals surface area contributed by atoms with Gasteiger partial charge in [-0.05, 0) is 12.1 Å². The zero-order chi connectivity index (χ0) is 13.8. The van der Waals surface area contributed by atoms with E-state index >= 15 is 0 Å². The van der Waals surface area contributed by atoms with E-state index in [4.69, 9.17) is 5.73 Å². The number of hydrogen-bond donors (Lipinski definition) is 2. The largest absolute Gasteiger partial charge is 0.379 e. The van der Waals surface area contributed by atoms with Crippen LogP contribution in [0.4, 0.5) is 14.5 Å². The molecule has 0 fully saturated rings. The van der Waals surface area contributed by atoms with Crippen molar-refractivity contribution >= 4 is 11.6 Å². The first-order chi connectivity index (χ1) is 8.35. The summed E-state index contributed by atoms with van der Waals surface area (Å²) in [6, 6.07) is 2.94. The van der Waals surface area contributed by atoms with Crippen LogP contribution in [0.15, 0.2) is 18.3 Å². The van der Waals surface area contributed by atoms with Crippen molar-refractivity contribution in [1.29, 1.82) is 0 Å². The highest BCUT2D eigenvalue weighted by Crippen LogP contribution is 2.14. The van der Waals surface area contributed by atoms with E-state index in [9.17, 15) is 13.6 Å². The molecule has 5 nitrogen and oxygen atoms in total. The van der Waals surface area contributed by atoms with Gasteiger partial charge >= 0.3 is 0 Å². The maximum atomic E-state index is 12.9. The Bertz CT molecular complexity index is 423. The van der Waals surface area contributed by atoms with Gasteiger partial charge in [-0.3, -0.25) is 9.78 Å². The van der Waals surface area contributed by atoms with Gasteiger partial charge in [-0.15, -0.1) is 0 Å². The van der Waals surface area contributed by atoms with Crippen molar-refractivity contribution in [2.75, 3.05) is 32.5 Å². The molecule has 0 bridgehead atoms. The number of anilines is 1. The topological polar surface area (TPSA) is 71.2 Å². The van der Waals surface area contributed by atoms with Crippen molar-refractivity contribution in [2.45, 2.75) is 5.92 Å². The molecule has 0 radical (unpaired) electrons. The second kappa shape index (κ2) is 5.72. The third kappa shape index (κ3) is 3.92. The predicted molar refractivity (Wildman–Crippen MR) is 64.7 cm³/mol. The molecule has 0 aliphatic heterocycles. The number of pyridine rings is 1. The molecule has 100 valence electrons. The van der Waals surface area contributed by atoms with Crippen LogP contribution in [0.25, 0.3) is 0 Å². The molecule has 0 saturated carbocycles. The Morgan fingerprint density at radius 3 is 2.78 bits per heavy atom. The third-order valence-electron chi connectivity index (χ3n) is 2.24. The van der Waals surface area contributed by atoms with Crippen molar-refractivity contribution < 1.29 is 13.6 Å². The molecule has 1 heterocycles. The van der Waals surface area contributed by atoms with Crippen LogP contribution in [0.2, 0.25) is 0 Å². The highest BCUT2D eigenvalue weighted by Gasteiger charge is 2.26. The predicted octanol–water partition coefficient (Wildman–Crippen LogP) is 0.789. The van der Waals surface area contributed by atoms with Crippen molar-refractivity contribution in [2.24, 2.45) is 5.73 Å². The summed E-state index contributed by atoms with van der Waals surface area (Å²) in [4.78, 5) is 16.9. The van der Waals surface area contributed by atoms with Gasteiger partial charge in [0, 0.05) is 26.0 Å². The fourth-order valence-corrected chi connectivity index (χ4v) is 1.19. The zero-order valence-corrected chi connectivity index (χ0v) is 10.3. The van der Waals surface area contributed by atoms with Crippen LogP contribution in [0, 0.1) is 0 Å². The number of hydrogen-bond acceptors (Lipinski definition) is 4. The lowest BCUT2D eigenvalue weighted by Gasteiger charge is -2.16. The first-order valence-electron chi connectivity index (χ1n) is 5.35. The Hall–Kier alpha value is -1.76. The van der Waals surface area contributed by atoms with Gasteiger partial charge in [0.1, 0.15) is 5.69 Å². The van der Waals surface area contributed by atoms with Crippen LogP contribution >= 0.6 is 0 Å². The summed E-state index contributed by atoms with van der Waals surface area (Å²) < 4.78 is 25.9. The molecule has 18 heavy (non-hydrogen) atoms. The Balaban J connectivity index is 2.74. The zero-order valence-electron chi connectivity index (χ0n) is 10.3. The number of carbonyl (C=O) groups is 1. The number of alkyl halides is 2. The molecule has 1 aromatic heterocycles. The van der Waals surface area contributed by atoms with Gasteiger partial charge in [-0.2, -0.15) is 0 Å². The minimum Gasteiger partial charge on any atom is -0.379 e. The molecule has 0 aliphatic rings. The standard InChI is InChI=1S/C11H16F2N4O/c1-17(2)10(18)9-5-8(3-4-15-9)16-7-11(12,13)6-14/h3-5H,6-7,14H2,1-2H3,(H,15,16). The maximum Gasteiger partial charge on any atom is 0.276 e. The number of carbonyl (C=O) groups excluding carboxylic acids is 1. The van der Waals surface area contributed by atoms with Crippen molar-refractivity contribution in [1.82, 2.24) is 9.88 Å². The molecular weight excluding hydrogens is 242 g/mol.